The minimum absolute atomic E-state index is 0.0554. The summed E-state index contributed by atoms with van der Waals surface area (Å²) < 4.78 is 5.32. The summed E-state index contributed by atoms with van der Waals surface area (Å²) in [7, 11) is 1.62. The molecule has 0 fully saturated rings. The summed E-state index contributed by atoms with van der Waals surface area (Å²) in [5.41, 5.74) is 3.34. The zero-order valence-electron chi connectivity index (χ0n) is 12.4. The van der Waals surface area contributed by atoms with Gasteiger partial charge in [0.15, 0.2) is 0 Å². The van der Waals surface area contributed by atoms with Crippen LogP contribution in [0, 0.1) is 6.92 Å². The molecule has 0 saturated heterocycles. The van der Waals surface area contributed by atoms with Crippen LogP contribution in [0.3, 0.4) is 0 Å². The predicted molar refractivity (Wildman–Crippen MR) is 89.7 cm³/mol. The first-order valence-electron chi connectivity index (χ1n) is 6.90. The first-order chi connectivity index (χ1) is 10.1. The molecule has 0 aliphatic heterocycles. The molecule has 0 amide bonds. The lowest BCUT2D eigenvalue weighted by molar-refractivity contribution is 0.414. The number of nitrogens with one attached hydrogen (secondary N) is 1. The second kappa shape index (κ2) is 7.17. The summed E-state index contributed by atoms with van der Waals surface area (Å²) in [5, 5.41) is 4.88. The molecule has 0 aliphatic carbocycles. The van der Waals surface area contributed by atoms with Gasteiger partial charge in [0.25, 0.3) is 0 Å². The maximum atomic E-state index is 6.26. The summed E-state index contributed by atoms with van der Waals surface area (Å²) in [6.45, 7) is 4.97. The van der Waals surface area contributed by atoms with E-state index in [4.69, 9.17) is 27.9 Å². The largest absolute Gasteiger partial charge is 0.495 e. The van der Waals surface area contributed by atoms with Gasteiger partial charge >= 0.3 is 0 Å². The maximum absolute atomic E-state index is 6.26. The molecule has 4 heteroatoms. The number of hydrogen-bond donors (Lipinski definition) is 1. The normalized spacial score (nSPS) is 12.2. The molecule has 0 heterocycles. The van der Waals surface area contributed by atoms with Crippen molar-refractivity contribution in [1.29, 1.82) is 0 Å². The van der Waals surface area contributed by atoms with E-state index in [0.717, 1.165) is 28.3 Å². The summed E-state index contributed by atoms with van der Waals surface area (Å²) in [6, 6.07) is 11.9. The Bertz CT molecular complexity index is 628. The molecule has 0 radical (unpaired) electrons. The highest BCUT2D eigenvalue weighted by atomic mass is 35.5. The van der Waals surface area contributed by atoms with E-state index < -0.39 is 0 Å². The molecule has 112 valence electrons. The van der Waals surface area contributed by atoms with Crippen LogP contribution in [0.15, 0.2) is 36.4 Å². The second-order valence-electron chi connectivity index (χ2n) is 4.84. The van der Waals surface area contributed by atoms with Gasteiger partial charge < -0.3 is 10.1 Å². The van der Waals surface area contributed by atoms with Crippen LogP contribution in [0.4, 0.5) is 0 Å². The van der Waals surface area contributed by atoms with Gasteiger partial charge in [0.1, 0.15) is 5.75 Å². The Balaban J connectivity index is 2.50. The Hall–Kier alpha value is -1.22. The van der Waals surface area contributed by atoms with Gasteiger partial charge in [-0.2, -0.15) is 0 Å². The highest BCUT2D eigenvalue weighted by Gasteiger charge is 2.17. The van der Waals surface area contributed by atoms with E-state index >= 15 is 0 Å². The van der Waals surface area contributed by atoms with E-state index in [9.17, 15) is 0 Å². The average Bonchev–Trinajstić information content (AvgIpc) is 2.49. The molecule has 1 atom stereocenters. The van der Waals surface area contributed by atoms with Gasteiger partial charge in [0.2, 0.25) is 0 Å². The number of hydrogen-bond acceptors (Lipinski definition) is 2. The van der Waals surface area contributed by atoms with Crippen molar-refractivity contribution in [3.05, 3.63) is 63.1 Å². The van der Waals surface area contributed by atoms with Crippen molar-refractivity contribution in [2.45, 2.75) is 19.9 Å². The summed E-state index contributed by atoms with van der Waals surface area (Å²) >= 11 is 12.4. The average molecular weight is 324 g/mol. The molecule has 2 nitrogen and oxygen atoms in total. The molecule has 0 spiro atoms. The highest BCUT2D eigenvalue weighted by Crippen LogP contribution is 2.33. The van der Waals surface area contributed by atoms with Crippen LogP contribution < -0.4 is 10.1 Å². The second-order valence-corrected chi connectivity index (χ2v) is 5.65. The molecule has 2 aromatic carbocycles. The molecule has 1 N–H and O–H groups in total. The number of methoxy groups -OCH3 is 1. The van der Waals surface area contributed by atoms with Crippen LogP contribution in [0.25, 0.3) is 0 Å². The fraction of sp³-hybridized carbons (Fsp3) is 0.294. The minimum atomic E-state index is 0.0554. The van der Waals surface area contributed by atoms with Crippen LogP contribution in [-0.4, -0.2) is 13.7 Å². The molecule has 0 bridgehead atoms. The lowest BCUT2D eigenvalue weighted by Crippen LogP contribution is -2.22. The third-order valence-electron chi connectivity index (χ3n) is 3.54. The molecule has 0 aliphatic rings. The molecule has 0 aromatic heterocycles. The SMILES string of the molecule is CCNC(c1ccc(Cl)c(OC)c1)c1cccc(Cl)c1C. The highest BCUT2D eigenvalue weighted by molar-refractivity contribution is 6.32. The zero-order valence-corrected chi connectivity index (χ0v) is 13.9. The lowest BCUT2D eigenvalue weighted by Gasteiger charge is -2.22. The van der Waals surface area contributed by atoms with Gasteiger partial charge in [0, 0.05) is 5.02 Å². The van der Waals surface area contributed by atoms with Crippen molar-refractivity contribution >= 4 is 23.2 Å². The number of halogens is 2. The van der Waals surface area contributed by atoms with E-state index in [1.807, 2.05) is 37.3 Å². The van der Waals surface area contributed by atoms with Gasteiger partial charge in [-0.3, -0.25) is 0 Å². The Morgan fingerprint density at radius 2 is 1.90 bits per heavy atom. The number of rotatable bonds is 5. The van der Waals surface area contributed by atoms with Crippen LogP contribution in [0.1, 0.15) is 29.7 Å². The van der Waals surface area contributed by atoms with Gasteiger partial charge in [-0.05, 0) is 48.4 Å². The first-order valence-corrected chi connectivity index (χ1v) is 7.66. The standard InChI is InChI=1S/C17H19Cl2NO/c1-4-20-17(13-6-5-7-14(18)11(13)2)12-8-9-15(19)16(10-12)21-3/h5-10,17,20H,4H2,1-3H3. The van der Waals surface area contributed by atoms with E-state index in [1.54, 1.807) is 7.11 Å². The van der Waals surface area contributed by atoms with Crippen molar-refractivity contribution in [3.63, 3.8) is 0 Å². The van der Waals surface area contributed by atoms with Gasteiger partial charge in [-0.15, -0.1) is 0 Å². The topological polar surface area (TPSA) is 21.3 Å². The Morgan fingerprint density at radius 1 is 1.14 bits per heavy atom. The minimum Gasteiger partial charge on any atom is -0.495 e. The van der Waals surface area contributed by atoms with Crippen LogP contribution in [0.2, 0.25) is 10.0 Å². The maximum Gasteiger partial charge on any atom is 0.137 e. The summed E-state index contributed by atoms with van der Waals surface area (Å²) in [5.74, 6) is 0.678. The van der Waals surface area contributed by atoms with Crippen molar-refractivity contribution in [1.82, 2.24) is 5.32 Å². The fourth-order valence-corrected chi connectivity index (χ4v) is 2.78. The fourth-order valence-electron chi connectivity index (χ4n) is 2.40. The smallest absolute Gasteiger partial charge is 0.137 e. The Morgan fingerprint density at radius 3 is 2.57 bits per heavy atom. The third kappa shape index (κ3) is 3.52. The molecular weight excluding hydrogens is 305 g/mol. The van der Waals surface area contributed by atoms with Crippen molar-refractivity contribution < 1.29 is 4.74 Å². The van der Waals surface area contributed by atoms with E-state index in [-0.39, 0.29) is 6.04 Å². The van der Waals surface area contributed by atoms with E-state index in [1.165, 1.54) is 0 Å². The molecule has 1 unspecified atom stereocenters. The number of ether oxygens (including phenoxy) is 1. The van der Waals surface area contributed by atoms with Crippen molar-refractivity contribution in [2.75, 3.05) is 13.7 Å². The van der Waals surface area contributed by atoms with Crippen molar-refractivity contribution in [2.24, 2.45) is 0 Å². The quantitative estimate of drug-likeness (QED) is 0.835. The van der Waals surface area contributed by atoms with Crippen LogP contribution >= 0.6 is 23.2 Å². The lowest BCUT2D eigenvalue weighted by atomic mass is 9.94. The van der Waals surface area contributed by atoms with Crippen molar-refractivity contribution in [3.8, 4) is 5.75 Å². The monoisotopic (exact) mass is 323 g/mol. The molecule has 21 heavy (non-hydrogen) atoms. The molecule has 0 saturated carbocycles. The summed E-state index contributed by atoms with van der Waals surface area (Å²) in [6.07, 6.45) is 0. The zero-order chi connectivity index (χ0) is 15.4. The van der Waals surface area contributed by atoms with Crippen LogP contribution in [0.5, 0.6) is 5.75 Å². The van der Waals surface area contributed by atoms with Crippen LogP contribution in [-0.2, 0) is 0 Å². The van der Waals surface area contributed by atoms with E-state index in [0.29, 0.717) is 10.8 Å². The molecular formula is C17H19Cl2NO. The molecule has 2 aromatic rings. The number of benzene rings is 2. The predicted octanol–water partition coefficient (Wildman–Crippen LogP) is 5.01. The Kier molecular flexibility index (Phi) is 5.51. The molecule has 2 rings (SSSR count). The van der Waals surface area contributed by atoms with Gasteiger partial charge in [0.05, 0.1) is 18.2 Å². The Labute approximate surface area is 136 Å². The van der Waals surface area contributed by atoms with Gasteiger partial charge in [-0.25, -0.2) is 0 Å². The van der Waals surface area contributed by atoms with Gasteiger partial charge in [-0.1, -0.05) is 48.3 Å². The third-order valence-corrected chi connectivity index (χ3v) is 4.26. The van der Waals surface area contributed by atoms with E-state index in [2.05, 4.69) is 18.3 Å². The summed E-state index contributed by atoms with van der Waals surface area (Å²) in [4.78, 5) is 0. The first kappa shape index (κ1) is 16.2.